The van der Waals surface area contributed by atoms with Crippen LogP contribution in [0.3, 0.4) is 0 Å². The van der Waals surface area contributed by atoms with Gasteiger partial charge in [-0.3, -0.25) is 5.41 Å². The van der Waals surface area contributed by atoms with E-state index in [1.54, 1.807) is 20.8 Å². The molecule has 0 fully saturated rings. The first kappa shape index (κ1) is 15.8. The zero-order valence-electron chi connectivity index (χ0n) is 8.54. The number of halogens is 3. The van der Waals surface area contributed by atoms with E-state index in [-0.39, 0.29) is 5.90 Å². The molecule has 1 N–H and O–H groups in total. The van der Waals surface area contributed by atoms with Crippen LogP contribution < -0.4 is 0 Å². The minimum absolute atomic E-state index is 0.352. The summed E-state index contributed by atoms with van der Waals surface area (Å²) >= 11 is 16.1. The molecular formula is C8H16Cl3NO. The first-order valence-corrected chi connectivity index (χ1v) is 5.11. The van der Waals surface area contributed by atoms with Gasteiger partial charge in [0.1, 0.15) is 5.60 Å². The summed E-state index contributed by atoms with van der Waals surface area (Å²) in [5.41, 5.74) is -0.499. The Morgan fingerprint density at radius 3 is 1.46 bits per heavy atom. The summed E-state index contributed by atoms with van der Waals surface area (Å²) in [5, 5.41) is 7.18. The van der Waals surface area contributed by atoms with Crippen molar-refractivity contribution in [3.8, 4) is 0 Å². The fraction of sp³-hybridized carbons (Fsp3) is 0.875. The second-order valence-corrected chi connectivity index (χ2v) is 5.32. The molecule has 0 aliphatic rings. The van der Waals surface area contributed by atoms with Crippen LogP contribution in [-0.4, -0.2) is 15.3 Å². The van der Waals surface area contributed by atoms with E-state index in [2.05, 4.69) is 0 Å². The van der Waals surface area contributed by atoms with Crippen molar-refractivity contribution in [2.75, 3.05) is 0 Å². The van der Waals surface area contributed by atoms with Crippen molar-refractivity contribution in [1.82, 2.24) is 0 Å². The Bertz CT molecular complexity index is 158. The van der Waals surface area contributed by atoms with E-state index >= 15 is 0 Å². The fourth-order valence-electron chi connectivity index (χ4n) is 0.364. The van der Waals surface area contributed by atoms with Crippen LogP contribution in [-0.2, 0) is 4.74 Å². The van der Waals surface area contributed by atoms with E-state index in [1.807, 2.05) is 13.8 Å². The standard InChI is InChI=1S/C6H10Cl3NO.C2H6/c1-5(2,3)11-4(10)6(7,8)9;1-2/h10H,1-3H3;1-2H3. The van der Waals surface area contributed by atoms with Crippen LogP contribution in [0.2, 0.25) is 0 Å². The van der Waals surface area contributed by atoms with Crippen molar-refractivity contribution < 1.29 is 4.74 Å². The molecule has 0 rings (SSSR count). The predicted octanol–water partition coefficient (Wildman–Crippen LogP) is 4.18. The molecule has 0 radical (unpaired) electrons. The smallest absolute Gasteiger partial charge is 0.265 e. The number of nitrogens with one attached hydrogen (secondary N) is 1. The van der Waals surface area contributed by atoms with E-state index in [9.17, 15) is 0 Å². The van der Waals surface area contributed by atoms with Crippen molar-refractivity contribution in [3.63, 3.8) is 0 Å². The summed E-state index contributed by atoms with van der Waals surface area (Å²) < 4.78 is 3.23. The van der Waals surface area contributed by atoms with Crippen LogP contribution in [0.4, 0.5) is 0 Å². The maximum atomic E-state index is 7.18. The van der Waals surface area contributed by atoms with Crippen LogP contribution in [0.5, 0.6) is 0 Å². The number of rotatable bonds is 0. The van der Waals surface area contributed by atoms with E-state index in [0.717, 1.165) is 0 Å². The van der Waals surface area contributed by atoms with Crippen molar-refractivity contribution in [1.29, 1.82) is 5.41 Å². The van der Waals surface area contributed by atoms with Crippen LogP contribution in [0.25, 0.3) is 0 Å². The van der Waals surface area contributed by atoms with Gasteiger partial charge in [-0.2, -0.15) is 0 Å². The van der Waals surface area contributed by atoms with Crippen molar-refractivity contribution in [2.45, 2.75) is 44.0 Å². The predicted molar refractivity (Wildman–Crippen MR) is 60.2 cm³/mol. The Morgan fingerprint density at radius 2 is 1.38 bits per heavy atom. The summed E-state index contributed by atoms with van der Waals surface area (Å²) in [6.07, 6.45) is 0. The van der Waals surface area contributed by atoms with E-state index < -0.39 is 9.39 Å². The SMILES string of the molecule is CC.CC(C)(C)OC(=N)C(Cl)(Cl)Cl. The Balaban J connectivity index is 0. The first-order chi connectivity index (χ1) is 5.63. The lowest BCUT2D eigenvalue weighted by Gasteiger charge is -2.24. The van der Waals surface area contributed by atoms with Gasteiger partial charge in [-0.05, 0) is 20.8 Å². The van der Waals surface area contributed by atoms with Gasteiger partial charge in [0, 0.05) is 0 Å². The third kappa shape index (κ3) is 10.3. The van der Waals surface area contributed by atoms with Gasteiger partial charge in [0.15, 0.2) is 0 Å². The first-order valence-electron chi connectivity index (χ1n) is 3.98. The topological polar surface area (TPSA) is 33.1 Å². The molecule has 0 spiro atoms. The molecule has 2 nitrogen and oxygen atoms in total. The van der Waals surface area contributed by atoms with Gasteiger partial charge in [-0.15, -0.1) is 0 Å². The number of hydrogen-bond donors (Lipinski definition) is 1. The third-order valence-electron chi connectivity index (χ3n) is 0.666. The van der Waals surface area contributed by atoms with Crippen molar-refractivity contribution in [3.05, 3.63) is 0 Å². The van der Waals surface area contributed by atoms with Gasteiger partial charge >= 0.3 is 0 Å². The van der Waals surface area contributed by atoms with E-state index in [0.29, 0.717) is 0 Å². The quantitative estimate of drug-likeness (QED) is 0.389. The summed E-state index contributed by atoms with van der Waals surface area (Å²) in [5.74, 6) is -0.352. The molecule has 0 aromatic carbocycles. The molecule has 13 heavy (non-hydrogen) atoms. The van der Waals surface area contributed by atoms with Gasteiger partial charge < -0.3 is 4.74 Å². The Kier molecular flexibility index (Phi) is 7.22. The highest BCUT2D eigenvalue weighted by Crippen LogP contribution is 2.29. The summed E-state index contributed by atoms with van der Waals surface area (Å²) in [4.78, 5) is 0. The van der Waals surface area contributed by atoms with Gasteiger partial charge in [0.2, 0.25) is 5.90 Å². The van der Waals surface area contributed by atoms with Gasteiger partial charge in [0.05, 0.1) is 0 Å². The molecule has 0 atom stereocenters. The molecule has 0 aliphatic carbocycles. The van der Waals surface area contributed by atoms with Crippen LogP contribution in [0, 0.1) is 5.41 Å². The Hall–Kier alpha value is 0.340. The summed E-state index contributed by atoms with van der Waals surface area (Å²) in [6.45, 7) is 9.33. The molecule has 0 aliphatic heterocycles. The highest BCUT2D eigenvalue weighted by Gasteiger charge is 2.31. The van der Waals surface area contributed by atoms with Crippen LogP contribution in [0.1, 0.15) is 34.6 Å². The molecule has 0 amide bonds. The second-order valence-electron chi connectivity index (χ2n) is 3.04. The van der Waals surface area contributed by atoms with E-state index in [1.165, 1.54) is 0 Å². The lowest BCUT2D eigenvalue weighted by Crippen LogP contribution is -2.31. The van der Waals surface area contributed by atoms with Gasteiger partial charge in [-0.25, -0.2) is 0 Å². The van der Waals surface area contributed by atoms with Crippen molar-refractivity contribution >= 4 is 40.7 Å². The third-order valence-corrected chi connectivity index (χ3v) is 1.18. The fourth-order valence-corrected chi connectivity index (χ4v) is 0.480. The summed E-state index contributed by atoms with van der Waals surface area (Å²) in [7, 11) is 0. The zero-order chi connectivity index (χ0) is 11.3. The average molecular weight is 249 g/mol. The van der Waals surface area contributed by atoms with E-state index in [4.69, 9.17) is 44.9 Å². The van der Waals surface area contributed by atoms with Crippen LogP contribution >= 0.6 is 34.8 Å². The molecule has 0 aromatic heterocycles. The lowest BCUT2D eigenvalue weighted by atomic mass is 10.2. The lowest BCUT2D eigenvalue weighted by molar-refractivity contribution is 0.112. The minimum atomic E-state index is -1.76. The monoisotopic (exact) mass is 247 g/mol. The maximum absolute atomic E-state index is 7.18. The minimum Gasteiger partial charge on any atom is -0.472 e. The molecule has 80 valence electrons. The molecule has 0 heterocycles. The molecule has 0 bridgehead atoms. The number of alkyl halides is 3. The Morgan fingerprint density at radius 1 is 1.08 bits per heavy atom. The molecule has 5 heteroatoms. The largest absolute Gasteiger partial charge is 0.472 e. The normalized spacial score (nSPS) is 11.4. The van der Waals surface area contributed by atoms with Gasteiger partial charge in [0.25, 0.3) is 3.79 Å². The average Bonchev–Trinajstić information content (AvgIpc) is 1.86. The van der Waals surface area contributed by atoms with Gasteiger partial charge in [-0.1, -0.05) is 48.7 Å². The maximum Gasteiger partial charge on any atom is 0.265 e. The highest BCUT2D eigenvalue weighted by molar-refractivity contribution is 6.76. The molecule has 0 unspecified atom stereocenters. The molecule has 0 saturated heterocycles. The van der Waals surface area contributed by atoms with Crippen LogP contribution in [0.15, 0.2) is 0 Å². The molecule has 0 aromatic rings. The second kappa shape index (κ2) is 5.94. The highest BCUT2D eigenvalue weighted by atomic mass is 35.6. The number of hydrogen-bond acceptors (Lipinski definition) is 2. The Labute approximate surface area is 95.0 Å². The number of ether oxygens (including phenoxy) is 1. The molecular weight excluding hydrogens is 232 g/mol. The van der Waals surface area contributed by atoms with Crippen molar-refractivity contribution in [2.24, 2.45) is 0 Å². The summed E-state index contributed by atoms with van der Waals surface area (Å²) in [6, 6.07) is 0. The molecule has 0 saturated carbocycles. The zero-order valence-corrected chi connectivity index (χ0v) is 10.8.